The van der Waals surface area contributed by atoms with Crippen molar-refractivity contribution in [1.82, 2.24) is 15.3 Å². The summed E-state index contributed by atoms with van der Waals surface area (Å²) in [5.74, 6) is 0.490. The third-order valence-electron chi connectivity index (χ3n) is 6.43. The molecule has 2 atom stereocenters. The molecule has 2 unspecified atom stereocenters. The maximum atomic E-state index is 12.8. The van der Waals surface area contributed by atoms with Gasteiger partial charge in [-0.1, -0.05) is 70.8 Å². The molecule has 1 aliphatic carbocycles. The normalized spacial score (nSPS) is 17.8. The number of alkyl halides is 1. The minimum absolute atomic E-state index is 0.0530. The lowest BCUT2D eigenvalue weighted by Crippen LogP contribution is -2.82. The van der Waals surface area contributed by atoms with Crippen molar-refractivity contribution in [3.05, 3.63) is 81.8 Å². The highest BCUT2D eigenvalue weighted by molar-refractivity contribution is 14.1. The zero-order valence-corrected chi connectivity index (χ0v) is 22.9. The fourth-order valence-electron chi connectivity index (χ4n) is 4.42. The molecule has 3 aromatic carbocycles. The zero-order chi connectivity index (χ0) is 25.2. The number of aromatic nitrogens is 2. The van der Waals surface area contributed by atoms with Crippen LogP contribution in [0.2, 0.25) is 10.0 Å². The topological polar surface area (TPSA) is 91.5 Å². The molecular formula is C27H24Cl2IN4O2+. The van der Waals surface area contributed by atoms with Gasteiger partial charge in [0.2, 0.25) is 0 Å². The second-order valence-corrected chi connectivity index (χ2v) is 11.4. The molecule has 0 bridgehead atoms. The summed E-state index contributed by atoms with van der Waals surface area (Å²) >= 11 is 14.4. The summed E-state index contributed by atoms with van der Waals surface area (Å²) in [4.78, 5) is 33.5. The molecular weight excluding hydrogens is 610 g/mol. The number of primary amides is 1. The number of aromatic amines is 1. The molecule has 36 heavy (non-hydrogen) atoms. The summed E-state index contributed by atoms with van der Waals surface area (Å²) in [6.07, 6.45) is 4.56. The number of hydrogen-bond donors (Lipinski definition) is 3. The number of nitrogens with two attached hydrogens (primary N) is 1. The van der Waals surface area contributed by atoms with Crippen LogP contribution in [0.3, 0.4) is 0 Å². The zero-order valence-electron chi connectivity index (χ0n) is 19.2. The van der Waals surface area contributed by atoms with Crippen LogP contribution < -0.4 is 10.6 Å². The molecule has 4 aromatic rings. The first kappa shape index (κ1) is 25.2. The molecule has 1 aromatic heterocycles. The van der Waals surface area contributed by atoms with E-state index in [9.17, 15) is 9.59 Å². The summed E-state index contributed by atoms with van der Waals surface area (Å²) < 4.78 is 0.472. The maximum absolute atomic E-state index is 12.8. The number of imidazole rings is 1. The number of carbonyl (C=O) groups excluding carboxylic acids is 2. The second kappa shape index (κ2) is 10.9. The molecule has 9 heteroatoms. The van der Waals surface area contributed by atoms with Crippen LogP contribution >= 0.6 is 45.8 Å². The lowest BCUT2D eigenvalue weighted by molar-refractivity contribution is -0.464. The summed E-state index contributed by atoms with van der Waals surface area (Å²) in [5.41, 5.74) is 4.27. The predicted molar refractivity (Wildman–Crippen MR) is 151 cm³/mol. The van der Waals surface area contributed by atoms with Gasteiger partial charge in [0, 0.05) is 33.2 Å². The van der Waals surface area contributed by atoms with Gasteiger partial charge in [-0.25, -0.2) is 15.1 Å². The Kier molecular flexibility index (Phi) is 7.62. The number of H-pyrrole nitrogens is 1. The second-order valence-electron chi connectivity index (χ2n) is 8.96. The third-order valence-corrected chi connectivity index (χ3v) is 8.66. The fraction of sp³-hybridized carbons (Fsp3) is 0.222. The Morgan fingerprint density at radius 2 is 1.69 bits per heavy atom. The van der Waals surface area contributed by atoms with Crippen molar-refractivity contribution >= 4 is 74.3 Å². The van der Waals surface area contributed by atoms with E-state index in [1.54, 1.807) is 30.3 Å². The minimum atomic E-state index is -0.132. The average Bonchev–Trinajstić information content (AvgIpc) is 3.31. The van der Waals surface area contributed by atoms with Crippen LogP contribution in [-0.2, 0) is 0 Å². The monoisotopic (exact) mass is 633 g/mol. The number of fused-ring (bicyclic) bond motifs is 1. The van der Waals surface area contributed by atoms with Gasteiger partial charge in [0.25, 0.3) is 5.91 Å². The molecule has 5 rings (SSSR count). The van der Waals surface area contributed by atoms with Gasteiger partial charge in [-0.05, 0) is 49.2 Å². The molecule has 1 heterocycles. The molecule has 184 valence electrons. The lowest BCUT2D eigenvalue weighted by atomic mass is 9.95. The van der Waals surface area contributed by atoms with Crippen LogP contribution in [0, 0.1) is 0 Å². The van der Waals surface area contributed by atoms with Crippen LogP contribution in [0.25, 0.3) is 22.4 Å². The number of nitrogens with one attached hydrogen (secondary N) is 2. The first-order chi connectivity index (χ1) is 17.4. The van der Waals surface area contributed by atoms with E-state index >= 15 is 0 Å². The van der Waals surface area contributed by atoms with Crippen LogP contribution in [0.4, 0.5) is 5.69 Å². The van der Waals surface area contributed by atoms with Crippen molar-refractivity contribution in [2.24, 2.45) is 0 Å². The summed E-state index contributed by atoms with van der Waals surface area (Å²) in [6.45, 7) is 0. The van der Waals surface area contributed by atoms with Crippen molar-refractivity contribution in [2.75, 3.05) is 0 Å². The van der Waals surface area contributed by atoms with Gasteiger partial charge < -0.3 is 10.3 Å². The largest absolute Gasteiger partial charge is 0.348 e. The number of hydrogen-bond acceptors (Lipinski definition) is 3. The SMILES string of the molecule is O=C(NC1CCCCC1I)c1ccc2nc(-c3ccc(C(=O)[NH2+]c4ccc(Cl)c(Cl)c4)cc3)[nH]c2c1. The average molecular weight is 634 g/mol. The fourth-order valence-corrected chi connectivity index (χ4v) is 5.70. The van der Waals surface area contributed by atoms with Gasteiger partial charge in [-0.2, -0.15) is 0 Å². The number of halogens is 3. The van der Waals surface area contributed by atoms with E-state index in [2.05, 4.69) is 37.9 Å². The van der Waals surface area contributed by atoms with Gasteiger partial charge in [0.05, 0.1) is 26.6 Å². The van der Waals surface area contributed by atoms with Gasteiger partial charge >= 0.3 is 5.91 Å². The number of carbonyl (C=O) groups is 2. The summed E-state index contributed by atoms with van der Waals surface area (Å²) in [7, 11) is 0. The van der Waals surface area contributed by atoms with E-state index in [-0.39, 0.29) is 17.9 Å². The van der Waals surface area contributed by atoms with E-state index in [0.717, 1.165) is 35.9 Å². The van der Waals surface area contributed by atoms with E-state index in [1.165, 1.54) is 11.7 Å². The van der Waals surface area contributed by atoms with E-state index < -0.39 is 0 Å². The minimum Gasteiger partial charge on any atom is -0.348 e. The molecule has 4 N–H and O–H groups in total. The van der Waals surface area contributed by atoms with Crippen LogP contribution in [0.1, 0.15) is 46.4 Å². The third kappa shape index (κ3) is 5.59. The molecule has 0 spiro atoms. The van der Waals surface area contributed by atoms with Gasteiger partial charge in [0.1, 0.15) is 11.5 Å². The molecule has 1 fully saturated rings. The quantitative estimate of drug-likeness (QED) is 0.142. The molecule has 1 saturated carbocycles. The van der Waals surface area contributed by atoms with Gasteiger partial charge in [-0.15, -0.1) is 0 Å². The number of nitrogens with zero attached hydrogens (tertiary/aromatic N) is 1. The predicted octanol–water partition coefficient (Wildman–Crippen LogP) is 6.05. The van der Waals surface area contributed by atoms with E-state index in [0.29, 0.717) is 36.6 Å². The number of amides is 2. The van der Waals surface area contributed by atoms with Crippen molar-refractivity contribution in [1.29, 1.82) is 0 Å². The van der Waals surface area contributed by atoms with E-state index in [1.807, 2.05) is 30.3 Å². The Balaban J connectivity index is 1.29. The Labute approximate surface area is 232 Å². The molecule has 0 aliphatic heterocycles. The number of quaternary nitrogens is 1. The van der Waals surface area contributed by atoms with Crippen molar-refractivity contribution in [2.45, 2.75) is 35.6 Å². The highest BCUT2D eigenvalue weighted by Crippen LogP contribution is 2.26. The maximum Gasteiger partial charge on any atom is 0.347 e. The van der Waals surface area contributed by atoms with Gasteiger partial charge in [0.15, 0.2) is 0 Å². The Bertz CT molecular complexity index is 1440. The summed E-state index contributed by atoms with van der Waals surface area (Å²) in [5, 5.41) is 5.58. The molecule has 0 saturated heterocycles. The van der Waals surface area contributed by atoms with Gasteiger partial charge in [-0.3, -0.25) is 4.79 Å². The first-order valence-corrected chi connectivity index (χ1v) is 13.8. The first-order valence-electron chi connectivity index (χ1n) is 11.8. The smallest absolute Gasteiger partial charge is 0.347 e. The Morgan fingerprint density at radius 1 is 0.944 bits per heavy atom. The Hall–Kier alpha value is -2.46. The van der Waals surface area contributed by atoms with E-state index in [4.69, 9.17) is 23.2 Å². The standard InChI is InChI=1S/C27H23Cl2IN4O2/c28-19-11-10-18(14-20(19)29)31-26(35)16-7-5-15(6-8-16)25-32-23-12-9-17(13-24(23)33-25)27(36)34-22-4-2-1-3-21(22)30/h5-14,21-22H,1-4H2,(H,31,35)(H,32,33)(H,34,36)/p+1. The lowest BCUT2D eigenvalue weighted by Gasteiger charge is -2.28. The highest BCUT2D eigenvalue weighted by Gasteiger charge is 2.24. The van der Waals surface area contributed by atoms with Crippen molar-refractivity contribution in [3.8, 4) is 11.4 Å². The molecule has 2 amide bonds. The van der Waals surface area contributed by atoms with Crippen molar-refractivity contribution in [3.63, 3.8) is 0 Å². The molecule has 6 nitrogen and oxygen atoms in total. The van der Waals surface area contributed by atoms with Crippen LogP contribution in [0.5, 0.6) is 0 Å². The highest BCUT2D eigenvalue weighted by atomic mass is 127. The van der Waals surface area contributed by atoms with Crippen LogP contribution in [-0.4, -0.2) is 31.7 Å². The Morgan fingerprint density at radius 3 is 2.44 bits per heavy atom. The van der Waals surface area contributed by atoms with Crippen LogP contribution in [0.15, 0.2) is 60.7 Å². The number of rotatable bonds is 5. The molecule has 1 aliphatic rings. The summed E-state index contributed by atoms with van der Waals surface area (Å²) in [6, 6.07) is 18.0. The number of benzene rings is 3. The molecule has 0 radical (unpaired) electrons. The van der Waals surface area contributed by atoms with Crippen molar-refractivity contribution < 1.29 is 14.9 Å².